The van der Waals surface area contributed by atoms with Gasteiger partial charge in [0.25, 0.3) is 0 Å². The summed E-state index contributed by atoms with van der Waals surface area (Å²) >= 11 is 0. The standard InChI is InChI=1S/C15H16N2O3/c16-7-14-15(12-3-1-2-4-13(12)20-14)19-9-11(18)8-17-10-5-6-10/h1-4,10-11,17-18H,5-6,8-9H2. The van der Waals surface area contributed by atoms with Crippen molar-refractivity contribution in [1.82, 2.24) is 5.32 Å². The molecule has 1 atom stereocenters. The summed E-state index contributed by atoms with van der Waals surface area (Å²) in [5.41, 5.74) is 0.615. The number of fused-ring (bicyclic) bond motifs is 1. The zero-order valence-corrected chi connectivity index (χ0v) is 11.0. The van der Waals surface area contributed by atoms with Crippen molar-refractivity contribution in [3.63, 3.8) is 0 Å². The largest absolute Gasteiger partial charge is 0.485 e. The molecule has 1 unspecified atom stereocenters. The minimum atomic E-state index is -0.601. The van der Waals surface area contributed by atoms with E-state index in [0.717, 1.165) is 5.39 Å². The number of para-hydroxylation sites is 1. The van der Waals surface area contributed by atoms with Crippen LogP contribution in [0.15, 0.2) is 28.7 Å². The number of hydrogen-bond acceptors (Lipinski definition) is 5. The van der Waals surface area contributed by atoms with Gasteiger partial charge in [0.15, 0.2) is 5.75 Å². The molecule has 0 radical (unpaired) electrons. The minimum Gasteiger partial charge on any atom is -0.485 e. The van der Waals surface area contributed by atoms with Crippen LogP contribution in [0.25, 0.3) is 11.0 Å². The van der Waals surface area contributed by atoms with E-state index in [-0.39, 0.29) is 12.4 Å². The lowest BCUT2D eigenvalue weighted by Crippen LogP contribution is -2.32. The van der Waals surface area contributed by atoms with E-state index >= 15 is 0 Å². The number of hydrogen-bond donors (Lipinski definition) is 2. The molecule has 1 saturated carbocycles. The number of nitrogens with one attached hydrogen (secondary N) is 1. The molecule has 5 nitrogen and oxygen atoms in total. The van der Waals surface area contributed by atoms with Crippen molar-refractivity contribution in [3.8, 4) is 11.8 Å². The number of rotatable bonds is 6. The van der Waals surface area contributed by atoms with Crippen molar-refractivity contribution in [2.75, 3.05) is 13.2 Å². The normalized spacial score (nSPS) is 16.0. The van der Waals surface area contributed by atoms with Gasteiger partial charge in [0.2, 0.25) is 5.76 Å². The number of benzene rings is 1. The molecule has 0 aliphatic heterocycles. The van der Waals surface area contributed by atoms with Gasteiger partial charge in [-0.3, -0.25) is 0 Å². The molecule has 2 aromatic rings. The summed E-state index contributed by atoms with van der Waals surface area (Å²) in [6, 6.07) is 9.85. The smallest absolute Gasteiger partial charge is 0.246 e. The molecule has 2 N–H and O–H groups in total. The van der Waals surface area contributed by atoms with Gasteiger partial charge in [-0.1, -0.05) is 12.1 Å². The molecule has 1 heterocycles. The first kappa shape index (κ1) is 13.0. The van der Waals surface area contributed by atoms with E-state index in [2.05, 4.69) is 5.32 Å². The summed E-state index contributed by atoms with van der Waals surface area (Å²) in [7, 11) is 0. The molecule has 0 saturated heterocycles. The van der Waals surface area contributed by atoms with Crippen molar-refractivity contribution in [3.05, 3.63) is 30.0 Å². The van der Waals surface area contributed by atoms with Crippen LogP contribution in [0.2, 0.25) is 0 Å². The predicted octanol–water partition coefficient (Wildman–Crippen LogP) is 1.80. The molecule has 1 aromatic carbocycles. The quantitative estimate of drug-likeness (QED) is 0.838. The molecule has 0 amide bonds. The first-order chi connectivity index (χ1) is 9.78. The van der Waals surface area contributed by atoms with Crippen LogP contribution in [0.4, 0.5) is 0 Å². The lowest BCUT2D eigenvalue weighted by atomic mass is 10.2. The van der Waals surface area contributed by atoms with Crippen molar-refractivity contribution >= 4 is 11.0 Å². The third kappa shape index (κ3) is 2.77. The van der Waals surface area contributed by atoms with Gasteiger partial charge >= 0.3 is 0 Å². The monoisotopic (exact) mass is 272 g/mol. The predicted molar refractivity (Wildman–Crippen MR) is 73.5 cm³/mol. The molecule has 0 spiro atoms. The number of ether oxygens (including phenoxy) is 1. The van der Waals surface area contributed by atoms with Gasteiger partial charge in [-0.25, -0.2) is 0 Å². The van der Waals surface area contributed by atoms with E-state index in [1.165, 1.54) is 12.8 Å². The van der Waals surface area contributed by atoms with Gasteiger partial charge in [-0.05, 0) is 25.0 Å². The molecular weight excluding hydrogens is 256 g/mol. The Morgan fingerprint density at radius 2 is 2.25 bits per heavy atom. The average molecular weight is 272 g/mol. The highest BCUT2D eigenvalue weighted by Gasteiger charge is 2.22. The van der Waals surface area contributed by atoms with Gasteiger partial charge in [0.1, 0.15) is 24.4 Å². The fourth-order valence-corrected chi connectivity index (χ4v) is 2.07. The Bertz CT molecular complexity index is 640. The fourth-order valence-electron chi connectivity index (χ4n) is 2.07. The van der Waals surface area contributed by atoms with Crippen molar-refractivity contribution < 1.29 is 14.3 Å². The molecule has 1 fully saturated rings. The Kier molecular flexibility index (Phi) is 3.59. The van der Waals surface area contributed by atoms with E-state index in [9.17, 15) is 5.11 Å². The molecule has 20 heavy (non-hydrogen) atoms. The van der Waals surface area contributed by atoms with E-state index in [4.69, 9.17) is 14.4 Å². The first-order valence-electron chi connectivity index (χ1n) is 6.74. The third-order valence-corrected chi connectivity index (χ3v) is 3.29. The third-order valence-electron chi connectivity index (χ3n) is 3.29. The molecule has 1 aromatic heterocycles. The highest BCUT2D eigenvalue weighted by molar-refractivity contribution is 5.86. The summed E-state index contributed by atoms with van der Waals surface area (Å²) in [6.45, 7) is 0.639. The Hall–Kier alpha value is -2.03. The summed E-state index contributed by atoms with van der Waals surface area (Å²) in [5, 5.41) is 22.9. The molecule has 5 heteroatoms. The summed E-state index contributed by atoms with van der Waals surface area (Å²) in [5.74, 6) is 0.558. The molecule has 1 aliphatic rings. The van der Waals surface area contributed by atoms with E-state index in [1.54, 1.807) is 6.07 Å². The van der Waals surface area contributed by atoms with E-state index < -0.39 is 6.10 Å². The lowest BCUT2D eigenvalue weighted by molar-refractivity contribution is 0.106. The zero-order valence-electron chi connectivity index (χ0n) is 11.0. The second kappa shape index (κ2) is 5.53. The van der Waals surface area contributed by atoms with Crippen LogP contribution >= 0.6 is 0 Å². The van der Waals surface area contributed by atoms with Crippen LogP contribution in [-0.2, 0) is 0 Å². The van der Waals surface area contributed by atoms with Crippen molar-refractivity contribution in [2.45, 2.75) is 25.0 Å². The highest BCUT2D eigenvalue weighted by atomic mass is 16.5. The maximum absolute atomic E-state index is 9.86. The van der Waals surface area contributed by atoms with Gasteiger partial charge in [0.05, 0.1) is 5.39 Å². The van der Waals surface area contributed by atoms with Crippen LogP contribution < -0.4 is 10.1 Å². The molecule has 104 valence electrons. The van der Waals surface area contributed by atoms with Gasteiger partial charge in [-0.15, -0.1) is 0 Å². The van der Waals surface area contributed by atoms with Gasteiger partial charge in [0, 0.05) is 12.6 Å². The summed E-state index contributed by atoms with van der Waals surface area (Å²) in [6.07, 6.45) is 1.76. The van der Waals surface area contributed by atoms with Gasteiger partial charge in [-0.2, -0.15) is 5.26 Å². The van der Waals surface area contributed by atoms with Crippen molar-refractivity contribution in [2.24, 2.45) is 0 Å². The van der Waals surface area contributed by atoms with Crippen LogP contribution in [0.5, 0.6) is 5.75 Å². The molecule has 0 bridgehead atoms. The number of aliphatic hydroxyl groups is 1. The Morgan fingerprint density at radius 1 is 1.45 bits per heavy atom. The fraction of sp³-hybridized carbons (Fsp3) is 0.400. The lowest BCUT2D eigenvalue weighted by Gasteiger charge is -2.12. The minimum absolute atomic E-state index is 0.137. The molecule has 1 aliphatic carbocycles. The van der Waals surface area contributed by atoms with Crippen LogP contribution in [0.1, 0.15) is 18.6 Å². The first-order valence-corrected chi connectivity index (χ1v) is 6.74. The molecular formula is C15H16N2O3. The Morgan fingerprint density at radius 3 is 3.00 bits per heavy atom. The van der Waals surface area contributed by atoms with E-state index in [1.807, 2.05) is 24.3 Å². The maximum atomic E-state index is 9.86. The number of nitrogens with zero attached hydrogens (tertiary/aromatic N) is 1. The van der Waals surface area contributed by atoms with Gasteiger partial charge < -0.3 is 19.6 Å². The van der Waals surface area contributed by atoms with Crippen LogP contribution in [0, 0.1) is 11.3 Å². The second-order valence-corrected chi connectivity index (χ2v) is 5.02. The average Bonchev–Trinajstić information content (AvgIpc) is 3.23. The SMILES string of the molecule is N#Cc1oc2ccccc2c1OCC(O)CNC1CC1. The summed E-state index contributed by atoms with van der Waals surface area (Å²) in [4.78, 5) is 0. The maximum Gasteiger partial charge on any atom is 0.246 e. The zero-order chi connectivity index (χ0) is 13.9. The van der Waals surface area contributed by atoms with Crippen LogP contribution in [0.3, 0.4) is 0 Å². The number of nitriles is 1. The van der Waals surface area contributed by atoms with E-state index in [0.29, 0.717) is 23.9 Å². The highest BCUT2D eigenvalue weighted by Crippen LogP contribution is 2.32. The Balaban J connectivity index is 1.68. The summed E-state index contributed by atoms with van der Waals surface area (Å²) < 4.78 is 11.0. The number of furan rings is 1. The van der Waals surface area contributed by atoms with Crippen LogP contribution in [-0.4, -0.2) is 30.4 Å². The number of aliphatic hydroxyl groups excluding tert-OH is 1. The molecule has 3 rings (SSSR count). The van der Waals surface area contributed by atoms with Crippen molar-refractivity contribution in [1.29, 1.82) is 5.26 Å². The Labute approximate surface area is 116 Å². The second-order valence-electron chi connectivity index (χ2n) is 5.02. The topological polar surface area (TPSA) is 78.4 Å².